The minimum absolute atomic E-state index is 0.155. The summed E-state index contributed by atoms with van der Waals surface area (Å²) in [5.74, 6) is 0.847. The highest BCUT2D eigenvalue weighted by atomic mass is 35.5. The summed E-state index contributed by atoms with van der Waals surface area (Å²) in [6, 6.07) is 11.2. The van der Waals surface area contributed by atoms with Crippen LogP contribution in [0.4, 0.5) is 5.82 Å². The van der Waals surface area contributed by atoms with Crippen LogP contribution in [0, 0.1) is 0 Å². The van der Waals surface area contributed by atoms with Gasteiger partial charge >= 0.3 is 0 Å². The first-order chi connectivity index (χ1) is 10.5. The summed E-state index contributed by atoms with van der Waals surface area (Å²) in [4.78, 5) is 1.95. The summed E-state index contributed by atoms with van der Waals surface area (Å²) in [5, 5.41) is 8.69. The van der Waals surface area contributed by atoms with Gasteiger partial charge in [0.1, 0.15) is 0 Å². The Morgan fingerprint density at radius 2 is 1.95 bits per heavy atom. The SMILES string of the molecule is C[C@H]1CN(c2ccc(-c3ccccc3Cl)nn2)CCS1(=O)=O. The monoisotopic (exact) mass is 337 g/mol. The van der Waals surface area contributed by atoms with Gasteiger partial charge < -0.3 is 4.90 Å². The fourth-order valence-electron chi connectivity index (χ4n) is 2.47. The maximum Gasteiger partial charge on any atom is 0.156 e. The van der Waals surface area contributed by atoms with Gasteiger partial charge in [0.25, 0.3) is 0 Å². The Balaban J connectivity index is 1.82. The first-order valence-corrected chi connectivity index (χ1v) is 9.12. The molecule has 0 saturated carbocycles. The van der Waals surface area contributed by atoms with Gasteiger partial charge in [-0.1, -0.05) is 29.8 Å². The molecule has 0 unspecified atom stereocenters. The van der Waals surface area contributed by atoms with Crippen LogP contribution >= 0.6 is 11.6 Å². The number of sulfone groups is 1. The lowest BCUT2D eigenvalue weighted by atomic mass is 10.1. The molecule has 22 heavy (non-hydrogen) atoms. The maximum absolute atomic E-state index is 11.8. The summed E-state index contributed by atoms with van der Waals surface area (Å²) in [6.07, 6.45) is 0. The highest BCUT2D eigenvalue weighted by Crippen LogP contribution is 2.26. The second kappa shape index (κ2) is 5.85. The van der Waals surface area contributed by atoms with Crippen LogP contribution in [0.3, 0.4) is 0 Å². The average molecular weight is 338 g/mol. The summed E-state index contributed by atoms with van der Waals surface area (Å²) >= 11 is 6.15. The van der Waals surface area contributed by atoms with Crippen molar-refractivity contribution < 1.29 is 8.42 Å². The van der Waals surface area contributed by atoms with E-state index in [-0.39, 0.29) is 11.0 Å². The molecule has 1 aromatic heterocycles. The molecule has 0 amide bonds. The molecule has 1 saturated heterocycles. The lowest BCUT2D eigenvalue weighted by Crippen LogP contribution is -2.45. The van der Waals surface area contributed by atoms with Crippen LogP contribution in [-0.2, 0) is 9.84 Å². The van der Waals surface area contributed by atoms with E-state index in [2.05, 4.69) is 10.2 Å². The quantitative estimate of drug-likeness (QED) is 0.842. The lowest BCUT2D eigenvalue weighted by molar-refractivity contribution is 0.568. The van der Waals surface area contributed by atoms with E-state index in [9.17, 15) is 8.42 Å². The summed E-state index contributed by atoms with van der Waals surface area (Å²) in [7, 11) is -2.97. The molecule has 2 aromatic rings. The van der Waals surface area contributed by atoms with Crippen LogP contribution in [-0.4, -0.2) is 42.7 Å². The van der Waals surface area contributed by atoms with Crippen molar-refractivity contribution in [2.24, 2.45) is 0 Å². The van der Waals surface area contributed by atoms with Gasteiger partial charge in [0, 0.05) is 18.7 Å². The second-order valence-electron chi connectivity index (χ2n) is 5.38. The smallest absolute Gasteiger partial charge is 0.156 e. The normalized spacial score (nSPS) is 20.8. The minimum atomic E-state index is -2.97. The van der Waals surface area contributed by atoms with E-state index < -0.39 is 9.84 Å². The Bertz CT molecular complexity index is 778. The van der Waals surface area contributed by atoms with Gasteiger partial charge in [0.05, 0.1) is 21.7 Å². The zero-order valence-electron chi connectivity index (χ0n) is 12.1. The molecule has 0 aliphatic carbocycles. The van der Waals surface area contributed by atoms with Crippen molar-refractivity contribution in [3.63, 3.8) is 0 Å². The number of benzene rings is 1. The van der Waals surface area contributed by atoms with Crippen LogP contribution in [0.15, 0.2) is 36.4 Å². The molecular formula is C15H16ClN3O2S. The number of hydrogen-bond acceptors (Lipinski definition) is 5. The number of halogens is 1. The number of anilines is 1. The van der Waals surface area contributed by atoms with Crippen molar-refractivity contribution >= 4 is 27.3 Å². The molecule has 1 atom stereocenters. The van der Waals surface area contributed by atoms with E-state index in [4.69, 9.17) is 11.6 Å². The van der Waals surface area contributed by atoms with E-state index >= 15 is 0 Å². The van der Waals surface area contributed by atoms with Gasteiger partial charge in [-0.25, -0.2) is 8.42 Å². The molecule has 1 aliphatic heterocycles. The third-order valence-corrected chi connectivity index (χ3v) is 6.32. The topological polar surface area (TPSA) is 63.2 Å². The molecule has 1 aliphatic rings. The standard InChI is InChI=1S/C15H16ClN3O2S/c1-11-10-19(8-9-22(11,20)21)15-7-6-14(17-18-15)12-4-2-3-5-13(12)16/h2-7,11H,8-10H2,1H3/t11-/m0/s1. The van der Waals surface area contributed by atoms with Crippen molar-refractivity contribution in [2.75, 3.05) is 23.7 Å². The molecule has 0 N–H and O–H groups in total. The largest absolute Gasteiger partial charge is 0.353 e. The van der Waals surface area contributed by atoms with E-state index in [1.807, 2.05) is 41.3 Å². The highest BCUT2D eigenvalue weighted by molar-refractivity contribution is 7.92. The van der Waals surface area contributed by atoms with E-state index in [1.165, 1.54) is 0 Å². The summed E-state index contributed by atoms with van der Waals surface area (Å²) in [5.41, 5.74) is 1.53. The molecule has 3 rings (SSSR count). The van der Waals surface area contributed by atoms with Gasteiger partial charge in [-0.15, -0.1) is 10.2 Å². The van der Waals surface area contributed by atoms with Crippen molar-refractivity contribution in [2.45, 2.75) is 12.2 Å². The Morgan fingerprint density at radius 3 is 2.59 bits per heavy atom. The maximum atomic E-state index is 11.8. The van der Waals surface area contributed by atoms with Crippen LogP contribution in [0.2, 0.25) is 5.02 Å². The van der Waals surface area contributed by atoms with E-state index in [0.29, 0.717) is 29.6 Å². The highest BCUT2D eigenvalue weighted by Gasteiger charge is 2.30. The molecule has 7 heteroatoms. The van der Waals surface area contributed by atoms with Crippen molar-refractivity contribution in [1.29, 1.82) is 0 Å². The van der Waals surface area contributed by atoms with Gasteiger partial charge in [0.15, 0.2) is 15.7 Å². The Hall–Kier alpha value is -1.66. The van der Waals surface area contributed by atoms with Crippen molar-refractivity contribution in [3.05, 3.63) is 41.4 Å². The molecule has 116 valence electrons. The molecule has 1 fully saturated rings. The van der Waals surface area contributed by atoms with Crippen molar-refractivity contribution in [1.82, 2.24) is 10.2 Å². The van der Waals surface area contributed by atoms with E-state index in [0.717, 1.165) is 5.56 Å². The van der Waals surface area contributed by atoms with Gasteiger partial charge in [0.2, 0.25) is 0 Å². The molecule has 0 spiro atoms. The second-order valence-corrected chi connectivity index (χ2v) is 8.33. The molecule has 2 heterocycles. The van der Waals surface area contributed by atoms with Crippen LogP contribution in [0.25, 0.3) is 11.3 Å². The third kappa shape index (κ3) is 2.94. The molecular weight excluding hydrogens is 322 g/mol. The fourth-order valence-corrected chi connectivity index (χ4v) is 3.99. The molecule has 0 radical (unpaired) electrons. The van der Waals surface area contributed by atoms with Gasteiger partial charge in [-0.2, -0.15) is 0 Å². The van der Waals surface area contributed by atoms with Crippen LogP contribution in [0.5, 0.6) is 0 Å². The van der Waals surface area contributed by atoms with Crippen LogP contribution < -0.4 is 4.90 Å². The van der Waals surface area contributed by atoms with Gasteiger partial charge in [-0.05, 0) is 25.1 Å². The van der Waals surface area contributed by atoms with Crippen LogP contribution in [0.1, 0.15) is 6.92 Å². The third-order valence-electron chi connectivity index (χ3n) is 3.86. The molecule has 0 bridgehead atoms. The minimum Gasteiger partial charge on any atom is -0.353 e. The lowest BCUT2D eigenvalue weighted by Gasteiger charge is -2.31. The Kier molecular flexibility index (Phi) is 4.06. The zero-order chi connectivity index (χ0) is 15.7. The number of nitrogens with zero attached hydrogens (tertiary/aromatic N) is 3. The first kappa shape index (κ1) is 15.2. The number of rotatable bonds is 2. The van der Waals surface area contributed by atoms with E-state index in [1.54, 1.807) is 6.92 Å². The number of aromatic nitrogens is 2. The fraction of sp³-hybridized carbons (Fsp3) is 0.333. The average Bonchev–Trinajstić information content (AvgIpc) is 2.51. The molecule has 1 aromatic carbocycles. The zero-order valence-corrected chi connectivity index (χ0v) is 13.7. The summed E-state index contributed by atoms with van der Waals surface area (Å²) in [6.45, 7) is 2.63. The van der Waals surface area contributed by atoms with Crippen molar-refractivity contribution in [3.8, 4) is 11.3 Å². The molecule has 5 nitrogen and oxygen atoms in total. The summed E-state index contributed by atoms with van der Waals surface area (Å²) < 4.78 is 23.5. The predicted molar refractivity (Wildman–Crippen MR) is 87.9 cm³/mol. The Morgan fingerprint density at radius 1 is 1.18 bits per heavy atom. The Labute approximate surface area is 134 Å². The van der Waals surface area contributed by atoms with Gasteiger partial charge in [-0.3, -0.25) is 0 Å². The predicted octanol–water partition coefficient (Wildman–Crippen LogP) is 2.42. The first-order valence-electron chi connectivity index (χ1n) is 7.02. The number of hydrogen-bond donors (Lipinski definition) is 0.